The zero-order valence-corrected chi connectivity index (χ0v) is 17.3. The zero-order valence-electron chi connectivity index (χ0n) is 16.4. The molecule has 2 heterocycles. The summed E-state index contributed by atoms with van der Waals surface area (Å²) in [6.07, 6.45) is 2.37. The van der Waals surface area contributed by atoms with Crippen molar-refractivity contribution in [3.05, 3.63) is 42.0 Å². The van der Waals surface area contributed by atoms with Crippen LogP contribution in [0, 0.1) is 5.92 Å². The Kier molecular flexibility index (Phi) is 5.42. The van der Waals surface area contributed by atoms with Gasteiger partial charge in [0.15, 0.2) is 11.6 Å². The summed E-state index contributed by atoms with van der Waals surface area (Å²) in [6.45, 7) is 10.4. The molecule has 0 bridgehead atoms. The molecule has 1 saturated heterocycles. The summed E-state index contributed by atoms with van der Waals surface area (Å²) in [5.41, 5.74) is 1.06. The maximum absolute atomic E-state index is 12.6. The van der Waals surface area contributed by atoms with Crippen LogP contribution in [0.1, 0.15) is 46.1 Å². The monoisotopic (exact) mass is 388 g/mol. The molecule has 146 valence electrons. The average molecular weight is 389 g/mol. The van der Waals surface area contributed by atoms with Crippen molar-refractivity contribution in [1.29, 1.82) is 0 Å². The summed E-state index contributed by atoms with van der Waals surface area (Å²) in [7, 11) is -3.69. The molecule has 0 spiro atoms. The molecule has 0 saturated carbocycles. The van der Waals surface area contributed by atoms with Crippen LogP contribution in [0.25, 0.3) is 0 Å². The van der Waals surface area contributed by atoms with Gasteiger partial charge in [-0.05, 0) is 54.0 Å². The van der Waals surface area contributed by atoms with Gasteiger partial charge in [-0.25, -0.2) is 8.42 Å². The second-order valence-electron chi connectivity index (χ2n) is 8.35. The van der Waals surface area contributed by atoms with E-state index in [2.05, 4.69) is 47.5 Å². The van der Waals surface area contributed by atoms with E-state index in [1.54, 1.807) is 18.2 Å². The Labute approximate surface area is 162 Å². The molecule has 1 aliphatic heterocycles. The van der Waals surface area contributed by atoms with Crippen LogP contribution in [0.15, 0.2) is 41.3 Å². The Morgan fingerprint density at radius 1 is 1.07 bits per heavy atom. The van der Waals surface area contributed by atoms with Crippen LogP contribution in [0.4, 0.5) is 11.6 Å². The van der Waals surface area contributed by atoms with E-state index in [4.69, 9.17) is 0 Å². The lowest BCUT2D eigenvalue weighted by molar-refractivity contribution is 0.444. The first kappa shape index (κ1) is 19.6. The fourth-order valence-electron chi connectivity index (χ4n) is 3.28. The fourth-order valence-corrected chi connectivity index (χ4v) is 4.27. The first-order valence-electron chi connectivity index (χ1n) is 9.37. The van der Waals surface area contributed by atoms with Gasteiger partial charge >= 0.3 is 0 Å². The molecule has 1 fully saturated rings. The molecule has 1 unspecified atom stereocenters. The van der Waals surface area contributed by atoms with E-state index in [0.29, 0.717) is 5.92 Å². The zero-order chi connectivity index (χ0) is 19.7. The highest BCUT2D eigenvalue weighted by Gasteiger charge is 2.20. The van der Waals surface area contributed by atoms with Crippen LogP contribution in [-0.2, 0) is 15.4 Å². The molecule has 1 atom stereocenters. The number of benzene rings is 1. The lowest BCUT2D eigenvalue weighted by atomic mass is 9.87. The average Bonchev–Trinajstić information content (AvgIpc) is 2.61. The largest absolute Gasteiger partial charge is 0.355 e. The van der Waals surface area contributed by atoms with Gasteiger partial charge in [0.1, 0.15) is 0 Å². The predicted octanol–water partition coefficient (Wildman–Crippen LogP) is 3.81. The van der Waals surface area contributed by atoms with Gasteiger partial charge < -0.3 is 4.90 Å². The minimum absolute atomic E-state index is 0.0248. The summed E-state index contributed by atoms with van der Waals surface area (Å²) in [5, 5.41) is 8.27. The molecule has 0 radical (unpaired) electrons. The molecule has 1 aromatic carbocycles. The third-order valence-electron chi connectivity index (χ3n) is 4.90. The lowest BCUT2D eigenvalue weighted by Gasteiger charge is -2.31. The summed E-state index contributed by atoms with van der Waals surface area (Å²) < 4.78 is 27.7. The lowest BCUT2D eigenvalue weighted by Crippen LogP contribution is -2.34. The Hall–Kier alpha value is -2.15. The van der Waals surface area contributed by atoms with Crippen molar-refractivity contribution in [3.8, 4) is 0 Å². The Morgan fingerprint density at radius 3 is 2.33 bits per heavy atom. The minimum atomic E-state index is -3.69. The van der Waals surface area contributed by atoms with Crippen LogP contribution >= 0.6 is 0 Å². The van der Waals surface area contributed by atoms with E-state index >= 15 is 0 Å². The van der Waals surface area contributed by atoms with E-state index in [0.717, 1.165) is 30.9 Å². The minimum Gasteiger partial charge on any atom is -0.355 e. The maximum Gasteiger partial charge on any atom is 0.263 e. The van der Waals surface area contributed by atoms with Crippen LogP contribution in [0.5, 0.6) is 0 Å². The molecule has 6 nitrogen and oxygen atoms in total. The molecule has 1 aromatic heterocycles. The third kappa shape index (κ3) is 4.77. The number of rotatable bonds is 4. The molecular formula is C20H28N4O2S. The van der Waals surface area contributed by atoms with Crippen LogP contribution in [-0.4, -0.2) is 31.7 Å². The highest BCUT2D eigenvalue weighted by Crippen LogP contribution is 2.25. The van der Waals surface area contributed by atoms with E-state index in [1.165, 1.54) is 6.42 Å². The van der Waals surface area contributed by atoms with E-state index < -0.39 is 10.0 Å². The number of anilines is 2. The first-order valence-corrected chi connectivity index (χ1v) is 10.9. The van der Waals surface area contributed by atoms with Gasteiger partial charge in [0.05, 0.1) is 4.90 Å². The third-order valence-corrected chi connectivity index (χ3v) is 6.27. The first-order chi connectivity index (χ1) is 12.6. The molecule has 7 heteroatoms. The van der Waals surface area contributed by atoms with Gasteiger partial charge in [-0.3, -0.25) is 4.72 Å². The quantitative estimate of drug-likeness (QED) is 0.862. The van der Waals surface area contributed by atoms with Gasteiger partial charge in [0, 0.05) is 13.1 Å². The number of aromatic nitrogens is 2. The van der Waals surface area contributed by atoms with Crippen molar-refractivity contribution in [2.75, 3.05) is 22.7 Å². The molecule has 1 aliphatic rings. The molecule has 2 aromatic rings. The number of sulfonamides is 1. The van der Waals surface area contributed by atoms with E-state index in [9.17, 15) is 8.42 Å². The van der Waals surface area contributed by atoms with Crippen LogP contribution < -0.4 is 9.62 Å². The van der Waals surface area contributed by atoms with Crippen LogP contribution in [0.3, 0.4) is 0 Å². The number of hydrogen-bond acceptors (Lipinski definition) is 5. The van der Waals surface area contributed by atoms with Crippen molar-refractivity contribution < 1.29 is 8.42 Å². The molecule has 27 heavy (non-hydrogen) atoms. The van der Waals surface area contributed by atoms with Gasteiger partial charge in [-0.2, -0.15) is 0 Å². The summed E-state index contributed by atoms with van der Waals surface area (Å²) in [6, 6.07) is 10.4. The Morgan fingerprint density at radius 2 is 1.78 bits per heavy atom. The van der Waals surface area contributed by atoms with Crippen molar-refractivity contribution in [2.24, 2.45) is 5.92 Å². The van der Waals surface area contributed by atoms with Crippen LogP contribution in [0.2, 0.25) is 0 Å². The smallest absolute Gasteiger partial charge is 0.263 e. The number of piperidine rings is 1. The normalized spacial score (nSPS) is 18.4. The van der Waals surface area contributed by atoms with Gasteiger partial charge in [0.2, 0.25) is 0 Å². The molecule has 1 N–H and O–H groups in total. The van der Waals surface area contributed by atoms with Crippen molar-refractivity contribution in [2.45, 2.75) is 50.8 Å². The van der Waals surface area contributed by atoms with Crippen molar-refractivity contribution in [3.63, 3.8) is 0 Å². The van der Waals surface area contributed by atoms with E-state index in [1.807, 2.05) is 18.2 Å². The number of nitrogens with one attached hydrogen (secondary N) is 1. The second kappa shape index (κ2) is 7.46. The SMILES string of the molecule is CC1CCCN(c2ccc(NS(=O)(=O)c3ccc(C(C)(C)C)cc3)nn2)C1. The molecular weight excluding hydrogens is 360 g/mol. The highest BCUT2D eigenvalue weighted by molar-refractivity contribution is 7.92. The molecule has 3 rings (SSSR count). The molecule has 0 amide bonds. The number of nitrogens with zero attached hydrogens (tertiary/aromatic N) is 3. The summed E-state index contributed by atoms with van der Waals surface area (Å²) >= 11 is 0. The van der Waals surface area contributed by atoms with Gasteiger partial charge in [-0.1, -0.05) is 39.8 Å². The van der Waals surface area contributed by atoms with Gasteiger partial charge in [-0.15, -0.1) is 10.2 Å². The number of hydrogen-bond donors (Lipinski definition) is 1. The highest BCUT2D eigenvalue weighted by atomic mass is 32.2. The van der Waals surface area contributed by atoms with E-state index in [-0.39, 0.29) is 16.1 Å². The summed E-state index contributed by atoms with van der Waals surface area (Å²) in [4.78, 5) is 2.41. The standard InChI is InChI=1S/C20H28N4O2S/c1-15-6-5-13-24(14-15)19-12-11-18(21-22-19)23-27(25,26)17-9-7-16(8-10-17)20(2,3)4/h7-12,15H,5-6,13-14H2,1-4H3,(H,21,23). The fraction of sp³-hybridized carbons (Fsp3) is 0.500. The topological polar surface area (TPSA) is 75.2 Å². The predicted molar refractivity (Wildman–Crippen MR) is 109 cm³/mol. The van der Waals surface area contributed by atoms with Crippen molar-refractivity contribution >= 4 is 21.7 Å². The Bertz CT molecular complexity index is 872. The Balaban J connectivity index is 1.72. The van der Waals surface area contributed by atoms with Crippen molar-refractivity contribution in [1.82, 2.24) is 10.2 Å². The maximum atomic E-state index is 12.6. The summed E-state index contributed by atoms with van der Waals surface area (Å²) in [5.74, 6) is 1.65. The molecule has 0 aliphatic carbocycles. The second-order valence-corrected chi connectivity index (χ2v) is 10.0. The van der Waals surface area contributed by atoms with Gasteiger partial charge in [0.25, 0.3) is 10.0 Å².